The molecular weight excluding hydrogens is 278 g/mol. The van der Waals surface area contributed by atoms with E-state index in [2.05, 4.69) is 29.6 Å². The zero-order valence-electron chi connectivity index (χ0n) is 12.8. The van der Waals surface area contributed by atoms with Crippen molar-refractivity contribution in [3.63, 3.8) is 0 Å². The van der Waals surface area contributed by atoms with Crippen LogP contribution in [-0.2, 0) is 14.3 Å². The van der Waals surface area contributed by atoms with Crippen molar-refractivity contribution in [2.24, 2.45) is 5.92 Å². The number of hydrogen-bond donors (Lipinski definition) is 1. The highest BCUT2D eigenvalue weighted by molar-refractivity contribution is 5.88. The Morgan fingerprint density at radius 2 is 2.18 bits per heavy atom. The SMILES string of the molecule is O=C(CC1CCC2=C(C=CC=CC2)C1)OC(=O)[C@@H]1CCCN1. The first kappa shape index (κ1) is 15.2. The van der Waals surface area contributed by atoms with Gasteiger partial charge in [-0.2, -0.15) is 0 Å². The Hall–Kier alpha value is -1.68. The highest BCUT2D eigenvalue weighted by Crippen LogP contribution is 2.35. The van der Waals surface area contributed by atoms with Crippen molar-refractivity contribution < 1.29 is 14.3 Å². The first-order chi connectivity index (χ1) is 10.7. The molecule has 0 saturated carbocycles. The summed E-state index contributed by atoms with van der Waals surface area (Å²) >= 11 is 0. The molecule has 0 spiro atoms. The smallest absolute Gasteiger partial charge is 0.330 e. The number of hydrogen-bond acceptors (Lipinski definition) is 4. The fourth-order valence-corrected chi connectivity index (χ4v) is 3.50. The molecule has 2 atom stereocenters. The number of esters is 2. The van der Waals surface area contributed by atoms with E-state index < -0.39 is 5.97 Å². The molecule has 0 aromatic carbocycles. The summed E-state index contributed by atoms with van der Waals surface area (Å²) in [6.07, 6.45) is 14.5. The van der Waals surface area contributed by atoms with Gasteiger partial charge >= 0.3 is 11.9 Å². The van der Waals surface area contributed by atoms with Gasteiger partial charge in [-0.3, -0.25) is 4.79 Å². The van der Waals surface area contributed by atoms with Crippen LogP contribution in [-0.4, -0.2) is 24.5 Å². The van der Waals surface area contributed by atoms with Crippen LogP contribution in [0.1, 0.15) is 44.9 Å². The molecule has 3 aliphatic rings. The molecule has 1 saturated heterocycles. The van der Waals surface area contributed by atoms with E-state index in [1.54, 1.807) is 0 Å². The summed E-state index contributed by atoms with van der Waals surface area (Å²) in [5.74, 6) is -0.487. The molecule has 3 rings (SSSR count). The quantitative estimate of drug-likeness (QED) is 0.643. The summed E-state index contributed by atoms with van der Waals surface area (Å²) in [6, 6.07) is -0.291. The molecular formula is C18H23NO3. The van der Waals surface area contributed by atoms with Gasteiger partial charge in [-0.1, -0.05) is 29.9 Å². The van der Waals surface area contributed by atoms with E-state index in [-0.39, 0.29) is 12.0 Å². The van der Waals surface area contributed by atoms with Crippen LogP contribution < -0.4 is 5.32 Å². The third kappa shape index (κ3) is 3.74. The minimum atomic E-state index is -0.406. The molecule has 0 radical (unpaired) electrons. The lowest BCUT2D eigenvalue weighted by molar-refractivity contribution is -0.161. The molecule has 1 unspecified atom stereocenters. The van der Waals surface area contributed by atoms with Gasteiger partial charge in [-0.15, -0.1) is 0 Å². The normalized spacial score (nSPS) is 27.5. The molecule has 1 fully saturated rings. The minimum Gasteiger partial charge on any atom is -0.392 e. The van der Waals surface area contributed by atoms with Gasteiger partial charge in [0.1, 0.15) is 6.04 Å². The predicted molar refractivity (Wildman–Crippen MR) is 84.0 cm³/mol. The number of carbonyl (C=O) groups is 2. The van der Waals surface area contributed by atoms with Crippen molar-refractivity contribution in [2.75, 3.05) is 6.54 Å². The van der Waals surface area contributed by atoms with Crippen molar-refractivity contribution in [3.8, 4) is 0 Å². The third-order valence-electron chi connectivity index (χ3n) is 4.74. The van der Waals surface area contributed by atoms with Crippen molar-refractivity contribution >= 4 is 11.9 Å². The van der Waals surface area contributed by atoms with Crippen LogP contribution in [0.15, 0.2) is 35.5 Å². The van der Waals surface area contributed by atoms with Gasteiger partial charge in [0.25, 0.3) is 0 Å². The highest BCUT2D eigenvalue weighted by atomic mass is 16.6. The number of carbonyl (C=O) groups excluding carboxylic acids is 2. The summed E-state index contributed by atoms with van der Waals surface area (Å²) < 4.78 is 5.01. The molecule has 4 heteroatoms. The van der Waals surface area contributed by atoms with Crippen LogP contribution in [0.2, 0.25) is 0 Å². The predicted octanol–water partition coefficient (Wildman–Crippen LogP) is 2.81. The van der Waals surface area contributed by atoms with Gasteiger partial charge in [-0.25, -0.2) is 4.79 Å². The van der Waals surface area contributed by atoms with Gasteiger partial charge in [-0.05, 0) is 56.6 Å². The second-order valence-corrected chi connectivity index (χ2v) is 6.38. The Morgan fingerprint density at radius 1 is 1.27 bits per heavy atom. The first-order valence-corrected chi connectivity index (χ1v) is 8.24. The molecule has 0 aromatic heterocycles. The first-order valence-electron chi connectivity index (χ1n) is 8.24. The molecule has 0 bridgehead atoms. The van der Waals surface area contributed by atoms with Crippen LogP contribution in [0.5, 0.6) is 0 Å². The van der Waals surface area contributed by atoms with E-state index in [0.29, 0.717) is 12.3 Å². The summed E-state index contributed by atoms with van der Waals surface area (Å²) in [5.41, 5.74) is 2.85. The summed E-state index contributed by atoms with van der Waals surface area (Å²) in [5, 5.41) is 3.06. The lowest BCUT2D eigenvalue weighted by Gasteiger charge is -2.24. The maximum absolute atomic E-state index is 12.0. The Bertz CT molecular complexity index is 539. The second-order valence-electron chi connectivity index (χ2n) is 6.38. The molecule has 2 aliphatic carbocycles. The summed E-state index contributed by atoms with van der Waals surface area (Å²) in [7, 11) is 0. The summed E-state index contributed by atoms with van der Waals surface area (Å²) in [4.78, 5) is 23.8. The molecule has 1 N–H and O–H groups in total. The second kappa shape index (κ2) is 7.05. The molecule has 22 heavy (non-hydrogen) atoms. The van der Waals surface area contributed by atoms with E-state index in [1.807, 2.05) is 0 Å². The maximum atomic E-state index is 12.0. The standard InChI is InChI=1S/C18H23NO3/c20-17(22-18(21)16-7-4-10-19-16)12-13-8-9-14-5-2-1-3-6-15(14)11-13/h1-3,6,13,16,19H,4-5,7-12H2/t13?,16-/m0/s1. The van der Waals surface area contributed by atoms with Crippen LogP contribution >= 0.6 is 0 Å². The van der Waals surface area contributed by atoms with Gasteiger partial charge in [0.2, 0.25) is 0 Å². The third-order valence-corrected chi connectivity index (χ3v) is 4.74. The van der Waals surface area contributed by atoms with Gasteiger partial charge < -0.3 is 10.1 Å². The Kier molecular flexibility index (Phi) is 4.88. The van der Waals surface area contributed by atoms with Crippen molar-refractivity contribution in [2.45, 2.75) is 51.0 Å². The molecule has 0 amide bonds. The zero-order valence-corrected chi connectivity index (χ0v) is 12.8. The van der Waals surface area contributed by atoms with Crippen LogP contribution in [0.4, 0.5) is 0 Å². The van der Waals surface area contributed by atoms with Gasteiger partial charge in [0.05, 0.1) is 0 Å². The van der Waals surface area contributed by atoms with E-state index in [9.17, 15) is 9.59 Å². The van der Waals surface area contributed by atoms with Gasteiger partial charge in [0, 0.05) is 6.42 Å². The number of ether oxygens (including phenoxy) is 1. The van der Waals surface area contributed by atoms with Crippen LogP contribution in [0.3, 0.4) is 0 Å². The summed E-state index contributed by atoms with van der Waals surface area (Å²) in [6.45, 7) is 0.827. The topological polar surface area (TPSA) is 55.4 Å². The lowest BCUT2D eigenvalue weighted by Crippen LogP contribution is -2.34. The zero-order chi connectivity index (χ0) is 15.4. The Labute approximate surface area is 131 Å². The Morgan fingerprint density at radius 3 is 3.00 bits per heavy atom. The van der Waals surface area contributed by atoms with E-state index in [0.717, 1.165) is 45.1 Å². The fourth-order valence-electron chi connectivity index (χ4n) is 3.50. The molecule has 0 aromatic rings. The molecule has 118 valence electrons. The van der Waals surface area contributed by atoms with Crippen LogP contribution in [0, 0.1) is 5.92 Å². The largest absolute Gasteiger partial charge is 0.392 e. The van der Waals surface area contributed by atoms with Crippen molar-refractivity contribution in [3.05, 3.63) is 35.5 Å². The minimum absolute atomic E-state index is 0.290. The Balaban J connectivity index is 1.50. The number of nitrogens with one attached hydrogen (secondary N) is 1. The van der Waals surface area contributed by atoms with E-state index in [1.165, 1.54) is 11.1 Å². The maximum Gasteiger partial charge on any atom is 0.330 e. The number of allylic oxidation sites excluding steroid dienone is 6. The lowest BCUT2D eigenvalue weighted by atomic mass is 9.81. The van der Waals surface area contributed by atoms with E-state index >= 15 is 0 Å². The van der Waals surface area contributed by atoms with Crippen molar-refractivity contribution in [1.82, 2.24) is 5.32 Å². The van der Waals surface area contributed by atoms with Crippen LogP contribution in [0.25, 0.3) is 0 Å². The molecule has 1 aliphatic heterocycles. The molecule has 4 nitrogen and oxygen atoms in total. The number of rotatable bonds is 3. The van der Waals surface area contributed by atoms with Gasteiger partial charge in [0.15, 0.2) is 0 Å². The average Bonchev–Trinajstić information content (AvgIpc) is 2.93. The molecule has 1 heterocycles. The average molecular weight is 301 g/mol. The monoisotopic (exact) mass is 301 g/mol. The van der Waals surface area contributed by atoms with Crippen molar-refractivity contribution in [1.29, 1.82) is 0 Å². The fraction of sp³-hybridized carbons (Fsp3) is 0.556. The van der Waals surface area contributed by atoms with E-state index in [4.69, 9.17) is 4.74 Å². The highest BCUT2D eigenvalue weighted by Gasteiger charge is 2.28.